The molecule has 1 rings (SSSR count). The van der Waals surface area contributed by atoms with E-state index in [1.165, 1.54) is 24.3 Å². The van der Waals surface area contributed by atoms with E-state index in [0.29, 0.717) is 0 Å². The molecule has 0 spiro atoms. The van der Waals surface area contributed by atoms with Crippen LogP contribution in [0.5, 0.6) is 5.75 Å². The molecule has 0 bridgehead atoms. The van der Waals surface area contributed by atoms with Gasteiger partial charge in [-0.05, 0) is 12.1 Å². The van der Waals surface area contributed by atoms with Gasteiger partial charge in [0.15, 0.2) is 0 Å². The Morgan fingerprint density at radius 3 is 2.54 bits per heavy atom. The van der Waals surface area contributed by atoms with E-state index in [1.807, 2.05) is 0 Å². The molecular formula is C8H4ClF2NO. The Kier molecular flexibility index (Phi) is 2.69. The van der Waals surface area contributed by atoms with Crippen molar-refractivity contribution in [1.82, 2.24) is 0 Å². The normalized spacial score (nSPS) is 10.6. The molecule has 0 heterocycles. The average molecular weight is 204 g/mol. The van der Waals surface area contributed by atoms with Crippen molar-refractivity contribution in [2.24, 2.45) is 0 Å². The van der Waals surface area contributed by atoms with Crippen LogP contribution in [0.3, 0.4) is 0 Å². The summed E-state index contributed by atoms with van der Waals surface area (Å²) in [6, 6.07) is 7.32. The van der Waals surface area contributed by atoms with Crippen molar-refractivity contribution < 1.29 is 13.5 Å². The second-order valence-corrected chi connectivity index (χ2v) is 2.60. The van der Waals surface area contributed by atoms with Gasteiger partial charge in [-0.1, -0.05) is 12.1 Å². The van der Waals surface area contributed by atoms with Crippen molar-refractivity contribution >= 4 is 11.6 Å². The van der Waals surface area contributed by atoms with Gasteiger partial charge in [-0.2, -0.15) is 5.26 Å². The summed E-state index contributed by atoms with van der Waals surface area (Å²) in [4.78, 5) is 0. The predicted molar refractivity (Wildman–Crippen MR) is 42.6 cm³/mol. The van der Waals surface area contributed by atoms with E-state index in [0.717, 1.165) is 0 Å². The lowest BCUT2D eigenvalue weighted by atomic mass is 10.2. The minimum atomic E-state index is -3.78. The number of hydrogen-bond acceptors (Lipinski definition) is 2. The van der Waals surface area contributed by atoms with Crippen LogP contribution in [0, 0.1) is 11.3 Å². The maximum Gasteiger partial charge on any atom is 0.487 e. The minimum absolute atomic E-state index is 0.0165. The minimum Gasteiger partial charge on any atom is -0.419 e. The quantitative estimate of drug-likeness (QED) is 0.693. The molecule has 2 nitrogen and oxygen atoms in total. The Bertz CT molecular complexity index is 343. The van der Waals surface area contributed by atoms with Crippen LogP contribution in [-0.2, 0) is 0 Å². The van der Waals surface area contributed by atoms with Crippen LogP contribution in [0.2, 0.25) is 0 Å². The number of benzene rings is 1. The maximum atomic E-state index is 12.2. The van der Waals surface area contributed by atoms with Crippen LogP contribution < -0.4 is 4.74 Å². The highest BCUT2D eigenvalue weighted by molar-refractivity contribution is 6.20. The molecule has 5 heteroatoms. The molecule has 0 aromatic heterocycles. The fraction of sp³-hybridized carbons (Fsp3) is 0.125. The molecule has 68 valence electrons. The van der Waals surface area contributed by atoms with Crippen molar-refractivity contribution in [2.45, 2.75) is 5.57 Å². The third kappa shape index (κ3) is 2.88. The lowest BCUT2D eigenvalue weighted by Gasteiger charge is -2.10. The van der Waals surface area contributed by atoms with Crippen LogP contribution >= 0.6 is 11.6 Å². The van der Waals surface area contributed by atoms with Crippen LogP contribution in [-0.4, -0.2) is 5.57 Å². The maximum absolute atomic E-state index is 12.2. The standard InChI is InChI=1S/C8H4ClF2NO/c9-8(10,11)13-7-4-2-1-3-6(7)5-12/h1-4H. The molecule has 13 heavy (non-hydrogen) atoms. The zero-order valence-electron chi connectivity index (χ0n) is 6.30. The van der Waals surface area contributed by atoms with Gasteiger partial charge in [0.25, 0.3) is 0 Å². The first-order chi connectivity index (χ1) is 6.03. The molecule has 0 unspecified atom stereocenters. The predicted octanol–water partition coefficient (Wildman–Crippen LogP) is 2.73. The molecule has 0 aliphatic heterocycles. The summed E-state index contributed by atoms with van der Waals surface area (Å²) in [7, 11) is 0. The molecule has 0 atom stereocenters. The van der Waals surface area contributed by atoms with Gasteiger partial charge >= 0.3 is 5.57 Å². The summed E-state index contributed by atoms with van der Waals surface area (Å²) in [6.45, 7) is 0. The fourth-order valence-electron chi connectivity index (χ4n) is 0.773. The van der Waals surface area contributed by atoms with E-state index >= 15 is 0 Å². The summed E-state index contributed by atoms with van der Waals surface area (Å²) in [5.74, 6) is -0.231. The molecule has 0 fully saturated rings. The van der Waals surface area contributed by atoms with Gasteiger partial charge in [-0.25, -0.2) is 0 Å². The fourth-order valence-corrected chi connectivity index (χ4v) is 0.856. The van der Waals surface area contributed by atoms with Gasteiger partial charge in [0, 0.05) is 11.6 Å². The van der Waals surface area contributed by atoms with Gasteiger partial charge < -0.3 is 4.74 Å². The summed E-state index contributed by atoms with van der Waals surface area (Å²) >= 11 is 4.53. The Balaban J connectivity index is 2.96. The largest absolute Gasteiger partial charge is 0.487 e. The average Bonchev–Trinajstić information content (AvgIpc) is 2.02. The molecule has 0 saturated heterocycles. The Labute approximate surface area is 78.3 Å². The summed E-state index contributed by atoms with van der Waals surface area (Å²) < 4.78 is 28.3. The highest BCUT2D eigenvalue weighted by Gasteiger charge is 2.28. The summed E-state index contributed by atoms with van der Waals surface area (Å²) in [6.07, 6.45) is 0. The van der Waals surface area contributed by atoms with Gasteiger partial charge in [0.05, 0.1) is 5.56 Å². The first kappa shape index (κ1) is 9.75. The van der Waals surface area contributed by atoms with Gasteiger partial charge in [-0.3, -0.25) is 0 Å². The third-order valence-corrected chi connectivity index (χ3v) is 1.31. The Hall–Kier alpha value is -1.34. The van der Waals surface area contributed by atoms with E-state index < -0.39 is 5.57 Å². The molecule has 0 aliphatic rings. The molecule has 1 aromatic carbocycles. The van der Waals surface area contributed by atoms with Gasteiger partial charge in [0.2, 0.25) is 0 Å². The number of alkyl halides is 3. The van der Waals surface area contributed by atoms with E-state index in [4.69, 9.17) is 5.26 Å². The van der Waals surface area contributed by atoms with Crippen molar-refractivity contribution in [2.75, 3.05) is 0 Å². The number of hydrogen-bond donors (Lipinski definition) is 0. The van der Waals surface area contributed by atoms with E-state index in [-0.39, 0.29) is 11.3 Å². The smallest absolute Gasteiger partial charge is 0.419 e. The first-order valence-electron chi connectivity index (χ1n) is 3.28. The zero-order chi connectivity index (χ0) is 9.90. The highest BCUT2D eigenvalue weighted by atomic mass is 35.5. The lowest BCUT2D eigenvalue weighted by Crippen LogP contribution is -2.16. The van der Waals surface area contributed by atoms with Crippen LogP contribution in [0.4, 0.5) is 8.78 Å². The molecular weight excluding hydrogens is 200 g/mol. The number of halogens is 3. The van der Waals surface area contributed by atoms with Gasteiger partial charge in [-0.15, -0.1) is 8.78 Å². The number of rotatable bonds is 2. The second kappa shape index (κ2) is 3.58. The third-order valence-electron chi connectivity index (χ3n) is 1.23. The van der Waals surface area contributed by atoms with Crippen molar-refractivity contribution in [3.8, 4) is 11.8 Å². The van der Waals surface area contributed by atoms with Gasteiger partial charge in [0.1, 0.15) is 11.8 Å². The molecule has 0 aliphatic carbocycles. The van der Waals surface area contributed by atoms with E-state index in [2.05, 4.69) is 16.3 Å². The second-order valence-electron chi connectivity index (χ2n) is 2.16. The van der Waals surface area contributed by atoms with Crippen molar-refractivity contribution in [3.63, 3.8) is 0 Å². The van der Waals surface area contributed by atoms with Crippen molar-refractivity contribution in [1.29, 1.82) is 5.26 Å². The Morgan fingerprint density at radius 1 is 1.38 bits per heavy atom. The zero-order valence-corrected chi connectivity index (χ0v) is 7.05. The van der Waals surface area contributed by atoms with Crippen LogP contribution in [0.25, 0.3) is 0 Å². The van der Waals surface area contributed by atoms with E-state index in [9.17, 15) is 8.78 Å². The monoisotopic (exact) mass is 203 g/mol. The van der Waals surface area contributed by atoms with Crippen molar-refractivity contribution in [3.05, 3.63) is 29.8 Å². The van der Waals surface area contributed by atoms with Crippen LogP contribution in [0.15, 0.2) is 24.3 Å². The molecule has 0 amide bonds. The number of ether oxygens (including phenoxy) is 1. The van der Waals surface area contributed by atoms with E-state index in [1.54, 1.807) is 6.07 Å². The number of nitriles is 1. The van der Waals surface area contributed by atoms with Crippen LogP contribution in [0.1, 0.15) is 5.56 Å². The molecule has 0 saturated carbocycles. The molecule has 1 aromatic rings. The summed E-state index contributed by atoms with van der Waals surface area (Å²) in [5, 5.41) is 8.50. The Morgan fingerprint density at radius 2 is 2.00 bits per heavy atom. The topological polar surface area (TPSA) is 33.0 Å². The number of para-hydroxylation sites is 1. The highest BCUT2D eigenvalue weighted by Crippen LogP contribution is 2.27. The molecule has 0 radical (unpaired) electrons. The lowest BCUT2D eigenvalue weighted by molar-refractivity contribution is -0.0966. The first-order valence-corrected chi connectivity index (χ1v) is 3.65. The summed E-state index contributed by atoms with van der Waals surface area (Å²) in [5.41, 5.74) is -3.77. The SMILES string of the molecule is N#Cc1ccccc1OC(F)(F)Cl. The number of nitrogens with zero attached hydrogens (tertiary/aromatic N) is 1. The molecule has 0 N–H and O–H groups in total.